The number of benzene rings is 1. The normalized spacial score (nSPS) is 10.3. The molecule has 0 saturated carbocycles. The molecule has 2 aromatic rings. The molecular weight excluding hydrogens is 274 g/mol. The first-order valence-electron chi connectivity index (χ1n) is 4.34. The summed E-state index contributed by atoms with van der Waals surface area (Å²) in [7, 11) is 0. The summed E-state index contributed by atoms with van der Waals surface area (Å²) in [6.07, 6.45) is 1.64. The molecule has 0 radical (unpaired) electrons. The smallest absolute Gasteiger partial charge is 0.214 e. The van der Waals surface area contributed by atoms with Gasteiger partial charge in [0.05, 0.1) is 11.9 Å². The van der Waals surface area contributed by atoms with Crippen LogP contribution < -0.4 is 0 Å². The molecule has 0 aliphatic carbocycles. The van der Waals surface area contributed by atoms with E-state index in [1.807, 2.05) is 31.2 Å². The van der Waals surface area contributed by atoms with E-state index in [4.69, 9.17) is 0 Å². The van der Waals surface area contributed by atoms with Crippen molar-refractivity contribution in [3.63, 3.8) is 0 Å². The van der Waals surface area contributed by atoms with Gasteiger partial charge in [-0.25, -0.2) is 4.98 Å². The Morgan fingerprint density at radius 1 is 1.33 bits per heavy atom. The zero-order valence-corrected chi connectivity index (χ0v) is 10.4. The molecule has 1 aromatic carbocycles. The highest BCUT2D eigenvalue weighted by Crippen LogP contribution is 2.26. The maximum absolute atomic E-state index is 4.27. The van der Waals surface area contributed by atoms with Gasteiger partial charge >= 0.3 is 0 Å². The minimum atomic E-state index is 0.674. The molecule has 1 aromatic heterocycles. The molecule has 0 amide bonds. The second-order valence-electron chi connectivity index (χ2n) is 2.94. The van der Waals surface area contributed by atoms with Crippen LogP contribution in [0, 0.1) is 6.92 Å². The number of aryl methyl sites for hydroxylation is 1. The highest BCUT2D eigenvalue weighted by molar-refractivity contribution is 9.10. The lowest BCUT2D eigenvalue weighted by Gasteiger charge is -2.00. The third-order valence-corrected chi connectivity index (χ3v) is 3.00. The fourth-order valence-corrected chi connectivity index (χ4v) is 2.41. The van der Waals surface area contributed by atoms with Gasteiger partial charge in [0, 0.05) is 9.37 Å². The van der Waals surface area contributed by atoms with E-state index in [1.165, 1.54) is 11.8 Å². The number of nitrogens with zero attached hydrogens (tertiary/aromatic N) is 3. The van der Waals surface area contributed by atoms with Crippen molar-refractivity contribution in [2.75, 3.05) is 0 Å². The van der Waals surface area contributed by atoms with Gasteiger partial charge in [-0.3, -0.25) is 0 Å². The Bertz CT molecular complexity index is 432. The quantitative estimate of drug-likeness (QED) is 0.848. The SMILES string of the molecule is Cc1cnnc(Sc2cccc(Br)c2)n1. The van der Waals surface area contributed by atoms with Crippen LogP contribution in [0.5, 0.6) is 0 Å². The first kappa shape index (κ1) is 10.6. The van der Waals surface area contributed by atoms with Gasteiger partial charge in [0.2, 0.25) is 5.16 Å². The van der Waals surface area contributed by atoms with E-state index in [0.29, 0.717) is 5.16 Å². The minimum Gasteiger partial charge on any atom is -0.225 e. The summed E-state index contributed by atoms with van der Waals surface area (Å²) in [5.41, 5.74) is 0.877. The molecule has 5 heteroatoms. The Labute approximate surface area is 100 Å². The molecule has 3 nitrogen and oxygen atoms in total. The molecule has 15 heavy (non-hydrogen) atoms. The van der Waals surface area contributed by atoms with Crippen LogP contribution in [0.4, 0.5) is 0 Å². The van der Waals surface area contributed by atoms with E-state index in [1.54, 1.807) is 6.20 Å². The van der Waals surface area contributed by atoms with Crippen LogP contribution >= 0.6 is 27.7 Å². The lowest BCUT2D eigenvalue weighted by molar-refractivity contribution is 0.816. The van der Waals surface area contributed by atoms with Crippen molar-refractivity contribution in [2.45, 2.75) is 17.0 Å². The summed E-state index contributed by atoms with van der Waals surface area (Å²) in [6.45, 7) is 1.90. The summed E-state index contributed by atoms with van der Waals surface area (Å²) in [5, 5.41) is 8.48. The molecular formula is C10H8BrN3S. The first-order valence-corrected chi connectivity index (χ1v) is 5.95. The molecule has 2 rings (SSSR count). The van der Waals surface area contributed by atoms with Gasteiger partial charge in [0.25, 0.3) is 0 Å². The Morgan fingerprint density at radius 3 is 2.93 bits per heavy atom. The van der Waals surface area contributed by atoms with Crippen LogP contribution in [-0.4, -0.2) is 15.2 Å². The van der Waals surface area contributed by atoms with Gasteiger partial charge in [-0.1, -0.05) is 22.0 Å². The zero-order valence-electron chi connectivity index (χ0n) is 8.01. The molecule has 76 valence electrons. The van der Waals surface area contributed by atoms with Crippen molar-refractivity contribution in [2.24, 2.45) is 0 Å². The average molecular weight is 282 g/mol. The molecule has 0 fully saturated rings. The topological polar surface area (TPSA) is 38.7 Å². The van der Waals surface area contributed by atoms with Crippen LogP contribution in [0.15, 0.2) is 45.0 Å². The molecule has 0 saturated heterocycles. The van der Waals surface area contributed by atoms with Crippen molar-refractivity contribution in [3.8, 4) is 0 Å². The third-order valence-electron chi connectivity index (χ3n) is 1.67. The summed E-state index contributed by atoms with van der Waals surface area (Å²) in [4.78, 5) is 5.37. The van der Waals surface area contributed by atoms with Crippen LogP contribution in [0.3, 0.4) is 0 Å². The molecule has 0 spiro atoms. The minimum absolute atomic E-state index is 0.674. The molecule has 0 aliphatic rings. The van der Waals surface area contributed by atoms with E-state index in [9.17, 15) is 0 Å². The van der Waals surface area contributed by atoms with E-state index in [-0.39, 0.29) is 0 Å². The highest BCUT2D eigenvalue weighted by atomic mass is 79.9. The summed E-state index contributed by atoms with van der Waals surface area (Å²) in [5.74, 6) is 0. The number of hydrogen-bond donors (Lipinski definition) is 0. The van der Waals surface area contributed by atoms with E-state index in [2.05, 4.69) is 31.1 Å². The number of hydrogen-bond acceptors (Lipinski definition) is 4. The van der Waals surface area contributed by atoms with Gasteiger partial charge < -0.3 is 0 Å². The van der Waals surface area contributed by atoms with Crippen molar-refractivity contribution in [3.05, 3.63) is 40.6 Å². The number of rotatable bonds is 2. The van der Waals surface area contributed by atoms with Crippen molar-refractivity contribution >= 4 is 27.7 Å². The van der Waals surface area contributed by atoms with Gasteiger partial charge in [-0.15, -0.1) is 5.10 Å². The summed E-state index contributed by atoms with van der Waals surface area (Å²) >= 11 is 4.92. The molecule has 0 N–H and O–H groups in total. The van der Waals surface area contributed by atoms with Crippen LogP contribution in [0.2, 0.25) is 0 Å². The van der Waals surface area contributed by atoms with Crippen molar-refractivity contribution in [1.82, 2.24) is 15.2 Å². The third kappa shape index (κ3) is 3.00. The Kier molecular flexibility index (Phi) is 3.33. The predicted molar refractivity (Wildman–Crippen MR) is 62.8 cm³/mol. The van der Waals surface area contributed by atoms with Crippen LogP contribution in [-0.2, 0) is 0 Å². The van der Waals surface area contributed by atoms with E-state index in [0.717, 1.165) is 15.1 Å². The van der Waals surface area contributed by atoms with Gasteiger partial charge in [0.15, 0.2) is 0 Å². The molecule has 0 aliphatic heterocycles. The largest absolute Gasteiger partial charge is 0.225 e. The van der Waals surface area contributed by atoms with Gasteiger partial charge in [-0.05, 0) is 36.9 Å². The molecule has 1 heterocycles. The zero-order chi connectivity index (χ0) is 10.7. The lowest BCUT2D eigenvalue weighted by atomic mass is 10.4. The second kappa shape index (κ2) is 4.72. The van der Waals surface area contributed by atoms with E-state index >= 15 is 0 Å². The van der Waals surface area contributed by atoms with Gasteiger partial charge in [-0.2, -0.15) is 5.10 Å². The number of halogens is 1. The van der Waals surface area contributed by atoms with Crippen LogP contribution in [0.1, 0.15) is 5.69 Å². The standard InChI is InChI=1S/C10H8BrN3S/c1-7-6-12-14-10(13-7)15-9-4-2-3-8(11)5-9/h2-6H,1H3. The number of aromatic nitrogens is 3. The molecule has 0 bridgehead atoms. The monoisotopic (exact) mass is 281 g/mol. The fraction of sp³-hybridized carbons (Fsp3) is 0.100. The van der Waals surface area contributed by atoms with Crippen molar-refractivity contribution in [1.29, 1.82) is 0 Å². The lowest BCUT2D eigenvalue weighted by Crippen LogP contribution is -1.91. The van der Waals surface area contributed by atoms with Gasteiger partial charge in [0.1, 0.15) is 0 Å². The van der Waals surface area contributed by atoms with E-state index < -0.39 is 0 Å². The Hall–Kier alpha value is -0.940. The summed E-state index contributed by atoms with van der Waals surface area (Å²) in [6, 6.07) is 8.01. The van der Waals surface area contributed by atoms with Crippen molar-refractivity contribution < 1.29 is 0 Å². The predicted octanol–water partition coefficient (Wildman–Crippen LogP) is 3.09. The first-order chi connectivity index (χ1) is 7.24. The highest BCUT2D eigenvalue weighted by Gasteiger charge is 2.01. The van der Waals surface area contributed by atoms with Crippen LogP contribution in [0.25, 0.3) is 0 Å². The summed E-state index contributed by atoms with van der Waals surface area (Å²) < 4.78 is 1.05. The fourth-order valence-electron chi connectivity index (χ4n) is 1.04. The second-order valence-corrected chi connectivity index (χ2v) is 4.90. The maximum Gasteiger partial charge on any atom is 0.214 e. The molecule has 0 unspecified atom stereocenters. The Balaban J connectivity index is 2.22. The average Bonchev–Trinajstić information content (AvgIpc) is 2.17. The molecule has 0 atom stereocenters. The Morgan fingerprint density at radius 2 is 2.20 bits per heavy atom. The maximum atomic E-state index is 4.27.